The number of hydrazone groups is 1. The topological polar surface area (TPSA) is 67.9 Å². The normalized spacial score (nSPS) is 16.6. The highest BCUT2D eigenvalue weighted by molar-refractivity contribution is 6.30. The van der Waals surface area contributed by atoms with Gasteiger partial charge < -0.3 is 9.15 Å². The minimum Gasteiger partial charge on any atom is -0.497 e. The lowest BCUT2D eigenvalue weighted by atomic mass is 10.0. The van der Waals surface area contributed by atoms with Crippen LogP contribution in [0.15, 0.2) is 52.2 Å². The summed E-state index contributed by atoms with van der Waals surface area (Å²) in [5.74, 6) is 1.29. The van der Waals surface area contributed by atoms with Gasteiger partial charge in [-0.25, -0.2) is 9.99 Å². The Morgan fingerprint density at radius 2 is 2.22 bits per heavy atom. The van der Waals surface area contributed by atoms with Gasteiger partial charge in [0.25, 0.3) is 0 Å². The van der Waals surface area contributed by atoms with Gasteiger partial charge in [0.2, 0.25) is 5.91 Å². The Morgan fingerprint density at radius 3 is 2.93 bits per heavy atom. The lowest BCUT2D eigenvalue weighted by Gasteiger charge is -2.22. The Hall–Kier alpha value is -2.86. The molecule has 6 nitrogen and oxygen atoms in total. The zero-order valence-corrected chi connectivity index (χ0v) is 15.7. The highest BCUT2D eigenvalue weighted by atomic mass is 35.5. The van der Waals surface area contributed by atoms with Gasteiger partial charge in [-0.3, -0.25) is 4.79 Å². The first-order valence-electron chi connectivity index (χ1n) is 8.68. The summed E-state index contributed by atoms with van der Waals surface area (Å²) in [6.07, 6.45) is 2.46. The maximum absolute atomic E-state index is 12.5. The number of carbonyl (C=O) groups is 1. The molecular formula is C20H18ClN3O3. The van der Waals surface area contributed by atoms with E-state index >= 15 is 0 Å². The van der Waals surface area contributed by atoms with Gasteiger partial charge in [-0.1, -0.05) is 18.5 Å². The lowest BCUT2D eigenvalue weighted by Crippen LogP contribution is -2.26. The summed E-state index contributed by atoms with van der Waals surface area (Å²) in [5.41, 5.74) is 2.22. The van der Waals surface area contributed by atoms with Crippen molar-refractivity contribution in [1.29, 1.82) is 0 Å². The van der Waals surface area contributed by atoms with Crippen molar-refractivity contribution in [3.05, 3.63) is 59.1 Å². The number of methoxy groups -OCH3 is 1. The summed E-state index contributed by atoms with van der Waals surface area (Å²) in [4.78, 5) is 17.0. The fourth-order valence-electron chi connectivity index (χ4n) is 3.24. The fourth-order valence-corrected chi connectivity index (χ4v) is 3.51. The fraction of sp³-hybridized carbons (Fsp3) is 0.250. The van der Waals surface area contributed by atoms with Crippen molar-refractivity contribution in [3.8, 4) is 5.75 Å². The molecule has 0 bridgehead atoms. The van der Waals surface area contributed by atoms with E-state index in [9.17, 15) is 4.79 Å². The molecule has 1 unspecified atom stereocenters. The van der Waals surface area contributed by atoms with E-state index in [4.69, 9.17) is 20.8 Å². The van der Waals surface area contributed by atoms with Crippen molar-refractivity contribution in [2.75, 3.05) is 7.11 Å². The van der Waals surface area contributed by atoms with Crippen molar-refractivity contribution in [1.82, 2.24) is 9.99 Å². The second-order valence-electron chi connectivity index (χ2n) is 6.26. The summed E-state index contributed by atoms with van der Waals surface area (Å²) in [6, 6.07) is 10.9. The van der Waals surface area contributed by atoms with Crippen LogP contribution in [0.2, 0.25) is 5.15 Å². The van der Waals surface area contributed by atoms with Crippen LogP contribution >= 0.6 is 11.6 Å². The zero-order chi connectivity index (χ0) is 19.0. The summed E-state index contributed by atoms with van der Waals surface area (Å²) in [5, 5.41) is 7.28. The molecule has 3 aromatic rings. The van der Waals surface area contributed by atoms with Crippen molar-refractivity contribution in [2.24, 2.45) is 5.10 Å². The number of furan rings is 1. The van der Waals surface area contributed by atoms with Crippen LogP contribution in [0.4, 0.5) is 0 Å². The number of fused-ring (bicyclic) bond motifs is 1. The third-order valence-corrected chi connectivity index (χ3v) is 4.94. The van der Waals surface area contributed by atoms with Gasteiger partial charge in [0, 0.05) is 29.9 Å². The first kappa shape index (κ1) is 17.5. The lowest BCUT2D eigenvalue weighted by molar-refractivity contribution is -0.132. The molecule has 0 saturated heterocycles. The van der Waals surface area contributed by atoms with Crippen molar-refractivity contribution in [3.63, 3.8) is 0 Å². The second-order valence-corrected chi connectivity index (χ2v) is 6.62. The number of pyridine rings is 1. The van der Waals surface area contributed by atoms with Gasteiger partial charge in [-0.2, -0.15) is 5.10 Å². The number of amides is 1. The molecule has 2 aromatic heterocycles. The Balaban J connectivity index is 1.76. The van der Waals surface area contributed by atoms with E-state index in [1.807, 2.05) is 37.3 Å². The minimum absolute atomic E-state index is 0.0764. The van der Waals surface area contributed by atoms with E-state index in [0.717, 1.165) is 22.2 Å². The summed E-state index contributed by atoms with van der Waals surface area (Å²) in [7, 11) is 1.61. The van der Waals surface area contributed by atoms with Crippen LogP contribution in [0.1, 0.15) is 37.1 Å². The van der Waals surface area contributed by atoms with Crippen LogP contribution in [0.5, 0.6) is 5.75 Å². The van der Waals surface area contributed by atoms with E-state index in [1.54, 1.807) is 19.4 Å². The van der Waals surface area contributed by atoms with Crippen LogP contribution in [0.3, 0.4) is 0 Å². The van der Waals surface area contributed by atoms with Gasteiger partial charge in [0.1, 0.15) is 22.4 Å². The maximum Gasteiger partial charge on any atom is 0.242 e. The van der Waals surface area contributed by atoms with E-state index < -0.39 is 0 Å². The van der Waals surface area contributed by atoms with Crippen LogP contribution < -0.4 is 4.74 Å². The number of hydrogen-bond donors (Lipinski definition) is 0. The van der Waals surface area contributed by atoms with E-state index in [2.05, 4.69) is 10.1 Å². The smallest absolute Gasteiger partial charge is 0.242 e. The van der Waals surface area contributed by atoms with Crippen LogP contribution in [-0.2, 0) is 4.79 Å². The molecule has 27 heavy (non-hydrogen) atoms. The Morgan fingerprint density at radius 1 is 1.37 bits per heavy atom. The number of hydrogen-bond acceptors (Lipinski definition) is 5. The number of aromatic nitrogens is 1. The molecule has 7 heteroatoms. The SMILES string of the molecule is CCC(=O)N1N=C(c2ccco2)CC1c1cc2ccc(OC)cc2nc1Cl. The molecule has 4 rings (SSSR count). The van der Waals surface area contributed by atoms with Gasteiger partial charge in [-0.15, -0.1) is 0 Å². The number of carbonyl (C=O) groups excluding carboxylic acids is 1. The largest absolute Gasteiger partial charge is 0.497 e. The van der Waals surface area contributed by atoms with E-state index in [-0.39, 0.29) is 11.9 Å². The van der Waals surface area contributed by atoms with Crippen LogP contribution in [0, 0.1) is 0 Å². The molecule has 138 valence electrons. The number of ether oxygens (including phenoxy) is 1. The Kier molecular flexibility index (Phi) is 4.58. The van der Waals surface area contributed by atoms with E-state index in [1.165, 1.54) is 5.01 Å². The quantitative estimate of drug-likeness (QED) is 0.618. The molecule has 0 aliphatic carbocycles. The average Bonchev–Trinajstić information content (AvgIpc) is 3.36. The summed E-state index contributed by atoms with van der Waals surface area (Å²) >= 11 is 6.50. The van der Waals surface area contributed by atoms with Crippen LogP contribution in [0.25, 0.3) is 10.9 Å². The minimum atomic E-state index is -0.316. The molecular weight excluding hydrogens is 366 g/mol. The zero-order valence-electron chi connectivity index (χ0n) is 15.0. The molecule has 0 radical (unpaired) electrons. The monoisotopic (exact) mass is 383 g/mol. The van der Waals surface area contributed by atoms with Gasteiger partial charge in [0.15, 0.2) is 0 Å². The molecule has 1 aromatic carbocycles. The molecule has 1 atom stereocenters. The van der Waals surface area contributed by atoms with Crippen molar-refractivity contribution >= 4 is 34.1 Å². The van der Waals surface area contributed by atoms with Gasteiger partial charge >= 0.3 is 0 Å². The van der Waals surface area contributed by atoms with Crippen molar-refractivity contribution < 1.29 is 13.9 Å². The molecule has 1 aliphatic heterocycles. The predicted molar refractivity (Wildman–Crippen MR) is 103 cm³/mol. The number of halogens is 1. The molecule has 1 aliphatic rings. The first-order valence-corrected chi connectivity index (χ1v) is 9.06. The Bertz CT molecular complexity index is 1030. The summed E-state index contributed by atoms with van der Waals surface area (Å²) in [6.45, 7) is 1.81. The molecule has 3 heterocycles. The third kappa shape index (κ3) is 3.17. The van der Waals surface area contributed by atoms with E-state index in [0.29, 0.717) is 29.5 Å². The first-order chi connectivity index (χ1) is 13.1. The third-order valence-electron chi connectivity index (χ3n) is 4.64. The highest BCUT2D eigenvalue weighted by Gasteiger charge is 2.35. The van der Waals surface area contributed by atoms with Gasteiger partial charge in [-0.05, 0) is 30.3 Å². The second kappa shape index (κ2) is 7.04. The average molecular weight is 384 g/mol. The molecule has 0 fully saturated rings. The number of nitrogens with zero attached hydrogens (tertiary/aromatic N) is 3. The van der Waals surface area contributed by atoms with Crippen LogP contribution in [-0.4, -0.2) is 28.7 Å². The molecule has 1 amide bonds. The molecule has 0 spiro atoms. The maximum atomic E-state index is 12.5. The highest BCUT2D eigenvalue weighted by Crippen LogP contribution is 2.37. The standard InChI is InChI=1S/C20H18ClN3O3/c1-3-19(25)24-17(11-16(23-24)18-5-4-8-27-18)14-9-12-6-7-13(26-2)10-15(12)22-20(14)21/h4-10,17H,3,11H2,1-2H3. The summed E-state index contributed by atoms with van der Waals surface area (Å²) < 4.78 is 10.7. The number of rotatable bonds is 4. The van der Waals surface area contributed by atoms with Crippen molar-refractivity contribution in [2.45, 2.75) is 25.8 Å². The number of benzene rings is 1. The Labute approximate surface area is 161 Å². The molecule has 0 N–H and O–H groups in total. The molecule has 0 saturated carbocycles. The van der Waals surface area contributed by atoms with Gasteiger partial charge in [0.05, 0.1) is 24.9 Å². The predicted octanol–water partition coefficient (Wildman–Crippen LogP) is 4.58.